The number of carbonyl (C=O) groups excluding carboxylic acids is 1. The van der Waals surface area contributed by atoms with Crippen LogP contribution in [-0.2, 0) is 4.74 Å². The van der Waals surface area contributed by atoms with Crippen molar-refractivity contribution in [2.45, 2.75) is 19.8 Å². The Morgan fingerprint density at radius 3 is 2.96 bits per heavy atom. The highest BCUT2D eigenvalue weighted by atomic mass is 16.5. The van der Waals surface area contributed by atoms with Gasteiger partial charge in [0.1, 0.15) is 11.6 Å². The van der Waals surface area contributed by atoms with E-state index in [0.717, 1.165) is 38.3 Å². The summed E-state index contributed by atoms with van der Waals surface area (Å²) >= 11 is 0. The molecule has 0 bridgehead atoms. The van der Waals surface area contributed by atoms with Crippen LogP contribution in [0.5, 0.6) is 0 Å². The van der Waals surface area contributed by atoms with Crippen molar-refractivity contribution in [2.75, 3.05) is 44.3 Å². The van der Waals surface area contributed by atoms with E-state index in [1.54, 1.807) is 30.9 Å². The lowest BCUT2D eigenvalue weighted by molar-refractivity contribution is 0.0134. The summed E-state index contributed by atoms with van der Waals surface area (Å²) in [5, 5.41) is 0. The first-order chi connectivity index (χ1) is 12.7. The van der Waals surface area contributed by atoms with E-state index in [9.17, 15) is 4.79 Å². The first-order valence-electron chi connectivity index (χ1n) is 9.09. The van der Waals surface area contributed by atoms with Crippen LogP contribution in [0.25, 0.3) is 0 Å². The normalized spacial score (nSPS) is 23.9. The van der Waals surface area contributed by atoms with E-state index in [1.807, 2.05) is 11.8 Å². The molecule has 1 spiro atoms. The fourth-order valence-electron chi connectivity index (χ4n) is 4.05. The van der Waals surface area contributed by atoms with Crippen molar-refractivity contribution in [2.24, 2.45) is 5.41 Å². The van der Waals surface area contributed by atoms with Gasteiger partial charge in [-0.05, 0) is 25.8 Å². The highest BCUT2D eigenvalue weighted by molar-refractivity contribution is 5.95. The molecule has 0 aromatic carbocycles. The fourth-order valence-corrected chi connectivity index (χ4v) is 4.05. The van der Waals surface area contributed by atoms with Crippen molar-refractivity contribution in [1.29, 1.82) is 0 Å². The summed E-state index contributed by atoms with van der Waals surface area (Å²) in [6.45, 7) is 6.22. The molecule has 0 saturated carbocycles. The van der Waals surface area contributed by atoms with Gasteiger partial charge in [0.2, 0.25) is 0 Å². The first kappa shape index (κ1) is 17.0. The molecule has 1 unspecified atom stereocenters. The number of ether oxygens (including phenoxy) is 1. The zero-order chi connectivity index (χ0) is 18.0. The van der Waals surface area contributed by atoms with Crippen LogP contribution in [-0.4, -0.2) is 60.2 Å². The van der Waals surface area contributed by atoms with E-state index in [2.05, 4.69) is 14.9 Å². The molecule has 2 aromatic heterocycles. The number of aryl methyl sites for hydroxylation is 1. The van der Waals surface area contributed by atoms with Crippen LogP contribution in [0, 0.1) is 12.3 Å². The summed E-state index contributed by atoms with van der Waals surface area (Å²) in [5.41, 5.74) is 0.571. The highest BCUT2D eigenvalue weighted by Crippen LogP contribution is 2.34. The minimum Gasteiger partial charge on any atom is -0.469 e. The lowest BCUT2D eigenvalue weighted by atomic mass is 9.80. The Morgan fingerprint density at radius 2 is 2.19 bits per heavy atom. The molecule has 0 radical (unpaired) electrons. The number of piperidine rings is 1. The average molecular weight is 356 g/mol. The molecule has 0 N–H and O–H groups in total. The van der Waals surface area contributed by atoms with Gasteiger partial charge in [-0.1, -0.05) is 0 Å². The van der Waals surface area contributed by atoms with E-state index >= 15 is 0 Å². The molecule has 2 fully saturated rings. The first-order valence-corrected chi connectivity index (χ1v) is 9.09. The molecule has 2 aliphatic rings. The molecule has 7 heteroatoms. The van der Waals surface area contributed by atoms with Crippen molar-refractivity contribution >= 4 is 11.7 Å². The van der Waals surface area contributed by atoms with Crippen LogP contribution >= 0.6 is 0 Å². The number of carbonyl (C=O) groups is 1. The minimum absolute atomic E-state index is 0.0469. The zero-order valence-corrected chi connectivity index (χ0v) is 15.1. The number of hydrogen-bond acceptors (Lipinski definition) is 6. The van der Waals surface area contributed by atoms with Crippen molar-refractivity contribution < 1.29 is 13.9 Å². The molecular weight excluding hydrogens is 332 g/mol. The lowest BCUT2D eigenvalue weighted by Gasteiger charge is -2.43. The Bertz CT molecular complexity index is 763. The third kappa shape index (κ3) is 3.31. The molecule has 4 rings (SSSR count). The lowest BCUT2D eigenvalue weighted by Crippen LogP contribution is -2.52. The molecule has 1 amide bonds. The van der Waals surface area contributed by atoms with Crippen molar-refractivity contribution in [3.63, 3.8) is 0 Å². The summed E-state index contributed by atoms with van der Waals surface area (Å²) in [6, 6.07) is 1.76. The molecular formula is C19H24N4O3. The van der Waals surface area contributed by atoms with Gasteiger partial charge in [0, 0.05) is 44.0 Å². The van der Waals surface area contributed by atoms with Crippen LogP contribution in [0.2, 0.25) is 0 Å². The summed E-state index contributed by atoms with van der Waals surface area (Å²) in [5.74, 6) is 1.59. The SMILES string of the molecule is Cc1occc1C(=O)N1CCCC2(COCCN(c3cnccn3)C2)C1. The fraction of sp³-hybridized carbons (Fsp3) is 0.526. The Labute approximate surface area is 153 Å². The largest absolute Gasteiger partial charge is 0.469 e. The standard InChI is InChI=1S/C19H24N4O3/c1-15-16(3-9-26-15)18(24)23-7-2-4-19(13-23)12-22(8-10-25-14-19)17-11-20-5-6-21-17/h3,5-6,9,11H,2,4,7-8,10,12-14H2,1H3. The van der Waals surface area contributed by atoms with E-state index in [4.69, 9.17) is 9.15 Å². The molecule has 1 atom stereocenters. The van der Waals surface area contributed by atoms with Crippen LogP contribution in [0.1, 0.15) is 29.0 Å². The molecule has 26 heavy (non-hydrogen) atoms. The monoisotopic (exact) mass is 356 g/mol. The van der Waals surface area contributed by atoms with Crippen LogP contribution in [0.3, 0.4) is 0 Å². The Hall–Kier alpha value is -2.41. The van der Waals surface area contributed by atoms with Gasteiger partial charge in [0.15, 0.2) is 0 Å². The second kappa shape index (κ2) is 7.07. The highest BCUT2D eigenvalue weighted by Gasteiger charge is 2.41. The minimum atomic E-state index is -0.0838. The van der Waals surface area contributed by atoms with E-state index in [-0.39, 0.29) is 11.3 Å². The van der Waals surface area contributed by atoms with Gasteiger partial charge in [-0.2, -0.15) is 0 Å². The summed E-state index contributed by atoms with van der Waals surface area (Å²) in [4.78, 5) is 25.8. The number of aromatic nitrogens is 2. The summed E-state index contributed by atoms with van der Waals surface area (Å²) in [7, 11) is 0. The maximum absolute atomic E-state index is 12.9. The van der Waals surface area contributed by atoms with Gasteiger partial charge in [0.25, 0.3) is 5.91 Å². The second-order valence-electron chi connectivity index (χ2n) is 7.26. The molecule has 7 nitrogen and oxygen atoms in total. The van der Waals surface area contributed by atoms with Gasteiger partial charge < -0.3 is 19.0 Å². The molecule has 2 aromatic rings. The number of amides is 1. The quantitative estimate of drug-likeness (QED) is 0.821. The maximum atomic E-state index is 12.9. The topological polar surface area (TPSA) is 71.7 Å². The number of hydrogen-bond donors (Lipinski definition) is 0. The molecule has 4 heterocycles. The van der Waals surface area contributed by atoms with Crippen LogP contribution in [0.15, 0.2) is 35.3 Å². The molecule has 2 aliphatic heterocycles. The van der Waals surface area contributed by atoms with Gasteiger partial charge in [-0.25, -0.2) is 4.98 Å². The van der Waals surface area contributed by atoms with Gasteiger partial charge >= 0.3 is 0 Å². The summed E-state index contributed by atoms with van der Waals surface area (Å²) < 4.78 is 11.2. The van der Waals surface area contributed by atoms with Crippen molar-refractivity contribution in [3.8, 4) is 0 Å². The second-order valence-corrected chi connectivity index (χ2v) is 7.26. The molecule has 138 valence electrons. The van der Waals surface area contributed by atoms with Crippen molar-refractivity contribution in [3.05, 3.63) is 42.2 Å². The predicted molar refractivity (Wildman–Crippen MR) is 96.1 cm³/mol. The van der Waals surface area contributed by atoms with Gasteiger partial charge in [-0.3, -0.25) is 9.78 Å². The number of nitrogens with zero attached hydrogens (tertiary/aromatic N) is 4. The molecule has 2 saturated heterocycles. The van der Waals surface area contributed by atoms with Crippen LogP contribution in [0.4, 0.5) is 5.82 Å². The third-order valence-electron chi connectivity index (χ3n) is 5.35. The predicted octanol–water partition coefficient (Wildman–Crippen LogP) is 2.14. The van der Waals surface area contributed by atoms with E-state index in [0.29, 0.717) is 31.1 Å². The van der Waals surface area contributed by atoms with Gasteiger partial charge in [0.05, 0.1) is 31.2 Å². The number of anilines is 1. The number of furan rings is 1. The number of rotatable bonds is 2. The zero-order valence-electron chi connectivity index (χ0n) is 15.1. The number of likely N-dealkylation sites (tertiary alicyclic amines) is 1. The van der Waals surface area contributed by atoms with Crippen LogP contribution < -0.4 is 4.90 Å². The molecule has 0 aliphatic carbocycles. The van der Waals surface area contributed by atoms with E-state index < -0.39 is 0 Å². The third-order valence-corrected chi connectivity index (χ3v) is 5.35. The summed E-state index contributed by atoms with van der Waals surface area (Å²) in [6.07, 6.45) is 8.78. The van der Waals surface area contributed by atoms with Crippen molar-refractivity contribution in [1.82, 2.24) is 14.9 Å². The average Bonchev–Trinajstić information content (AvgIpc) is 3.00. The smallest absolute Gasteiger partial charge is 0.257 e. The van der Waals surface area contributed by atoms with Gasteiger partial charge in [-0.15, -0.1) is 0 Å². The van der Waals surface area contributed by atoms with E-state index in [1.165, 1.54) is 0 Å². The Balaban J connectivity index is 1.54. The Morgan fingerprint density at radius 1 is 1.27 bits per heavy atom. The maximum Gasteiger partial charge on any atom is 0.257 e. The Kier molecular flexibility index (Phi) is 4.63.